The number of aromatic amines is 1. The highest BCUT2D eigenvalue weighted by molar-refractivity contribution is 7.22. The number of anilines is 1. The summed E-state index contributed by atoms with van der Waals surface area (Å²) in [6, 6.07) is 15.2. The fourth-order valence-electron chi connectivity index (χ4n) is 2.92. The molecule has 1 amide bonds. The van der Waals surface area contributed by atoms with Crippen LogP contribution in [0.4, 0.5) is 5.13 Å². The first-order chi connectivity index (χ1) is 13.2. The summed E-state index contributed by atoms with van der Waals surface area (Å²) in [4.78, 5) is 34.0. The molecule has 4 aromatic rings. The van der Waals surface area contributed by atoms with Gasteiger partial charge in [0.1, 0.15) is 0 Å². The monoisotopic (exact) mass is 379 g/mol. The molecule has 0 aliphatic carbocycles. The van der Waals surface area contributed by atoms with E-state index in [1.165, 1.54) is 16.2 Å². The van der Waals surface area contributed by atoms with Crippen LogP contribution in [0.5, 0.6) is 0 Å². The van der Waals surface area contributed by atoms with Gasteiger partial charge >= 0.3 is 5.97 Å². The first-order valence-corrected chi connectivity index (χ1v) is 9.38. The minimum Gasteiger partial charge on any atom is -0.452 e. The van der Waals surface area contributed by atoms with Gasteiger partial charge in [0.05, 0.1) is 15.8 Å². The molecular weight excluding hydrogens is 362 g/mol. The Morgan fingerprint density at radius 1 is 1.15 bits per heavy atom. The van der Waals surface area contributed by atoms with Crippen molar-refractivity contribution < 1.29 is 14.3 Å². The Morgan fingerprint density at radius 2 is 1.93 bits per heavy atom. The molecular formula is C20H17N3O3S. The van der Waals surface area contributed by atoms with E-state index in [0.29, 0.717) is 17.2 Å². The number of carbonyl (C=O) groups excluding carboxylic acids is 2. The molecule has 0 fully saturated rings. The lowest BCUT2D eigenvalue weighted by molar-refractivity contribution is -0.121. The summed E-state index contributed by atoms with van der Waals surface area (Å²) in [5.74, 6) is -0.828. The Labute approximate surface area is 159 Å². The van der Waals surface area contributed by atoms with E-state index in [0.717, 1.165) is 21.1 Å². The Hall–Kier alpha value is -3.19. The van der Waals surface area contributed by atoms with Crippen LogP contribution >= 0.6 is 11.3 Å². The molecule has 1 N–H and O–H groups in total. The van der Waals surface area contributed by atoms with E-state index >= 15 is 0 Å². The number of benzene rings is 2. The Morgan fingerprint density at radius 3 is 2.74 bits per heavy atom. The van der Waals surface area contributed by atoms with Crippen molar-refractivity contribution in [2.75, 3.05) is 18.1 Å². The second-order valence-corrected chi connectivity index (χ2v) is 6.94. The number of carbonyl (C=O) groups is 2. The van der Waals surface area contributed by atoms with Gasteiger partial charge in [-0.1, -0.05) is 41.7 Å². The van der Waals surface area contributed by atoms with Crippen LogP contribution < -0.4 is 4.90 Å². The van der Waals surface area contributed by atoms with Crippen LogP contribution in [0.3, 0.4) is 0 Å². The number of rotatable bonds is 5. The Kier molecular flexibility index (Phi) is 4.60. The third-order valence-corrected chi connectivity index (χ3v) is 5.33. The zero-order chi connectivity index (χ0) is 18.8. The standard InChI is InChI=1S/C20H17N3O3S/c1-2-23(20-22-16-9-5-6-10-17(16)27-20)18(24)12-26-19(25)14-11-21-15-8-4-3-7-13(14)15/h3-11,21H,2,12H2,1H3. The first kappa shape index (κ1) is 17.2. The van der Waals surface area contributed by atoms with Crippen molar-refractivity contribution in [1.82, 2.24) is 9.97 Å². The fraction of sp³-hybridized carbons (Fsp3) is 0.150. The number of esters is 1. The lowest BCUT2D eigenvalue weighted by Crippen LogP contribution is -2.34. The minimum absolute atomic E-state index is 0.301. The normalized spacial score (nSPS) is 11.0. The number of nitrogens with zero attached hydrogens (tertiary/aromatic N) is 2. The van der Waals surface area contributed by atoms with Gasteiger partial charge in [-0.2, -0.15) is 0 Å². The average Bonchev–Trinajstić information content (AvgIpc) is 3.30. The topological polar surface area (TPSA) is 75.3 Å². The zero-order valence-corrected chi connectivity index (χ0v) is 15.5. The lowest BCUT2D eigenvalue weighted by Gasteiger charge is -2.17. The number of para-hydroxylation sites is 2. The summed E-state index contributed by atoms with van der Waals surface area (Å²) >= 11 is 1.44. The van der Waals surface area contributed by atoms with E-state index in [4.69, 9.17) is 4.74 Å². The number of fused-ring (bicyclic) bond motifs is 2. The van der Waals surface area contributed by atoms with Gasteiger partial charge in [-0.3, -0.25) is 9.69 Å². The number of aromatic nitrogens is 2. The summed E-state index contributed by atoms with van der Waals surface area (Å²) in [5.41, 5.74) is 2.11. The highest BCUT2D eigenvalue weighted by atomic mass is 32.1. The Bertz CT molecular complexity index is 1100. The zero-order valence-electron chi connectivity index (χ0n) is 14.6. The Balaban J connectivity index is 1.48. The quantitative estimate of drug-likeness (QED) is 0.532. The maximum atomic E-state index is 12.6. The smallest absolute Gasteiger partial charge is 0.340 e. The number of nitrogens with one attached hydrogen (secondary N) is 1. The molecule has 0 aliphatic rings. The van der Waals surface area contributed by atoms with Crippen LogP contribution in [0.1, 0.15) is 17.3 Å². The molecule has 7 heteroatoms. The van der Waals surface area contributed by atoms with Crippen LogP contribution in [0.25, 0.3) is 21.1 Å². The molecule has 0 saturated heterocycles. The molecule has 136 valence electrons. The second kappa shape index (κ2) is 7.20. The number of hydrogen-bond acceptors (Lipinski definition) is 5. The molecule has 6 nitrogen and oxygen atoms in total. The predicted molar refractivity (Wildman–Crippen MR) is 106 cm³/mol. The maximum Gasteiger partial charge on any atom is 0.340 e. The molecule has 0 bridgehead atoms. The number of thiazole rings is 1. The van der Waals surface area contributed by atoms with E-state index in [2.05, 4.69) is 9.97 Å². The molecule has 0 aliphatic heterocycles. The number of hydrogen-bond donors (Lipinski definition) is 1. The van der Waals surface area contributed by atoms with E-state index in [-0.39, 0.29) is 12.5 Å². The molecule has 0 saturated carbocycles. The van der Waals surface area contributed by atoms with Crippen molar-refractivity contribution >= 4 is 49.5 Å². The molecule has 0 atom stereocenters. The van der Waals surface area contributed by atoms with Gasteiger partial charge < -0.3 is 9.72 Å². The third-order valence-electron chi connectivity index (χ3n) is 4.27. The van der Waals surface area contributed by atoms with Gasteiger partial charge in [0.25, 0.3) is 5.91 Å². The maximum absolute atomic E-state index is 12.6. The van der Waals surface area contributed by atoms with Crippen LogP contribution in [0.15, 0.2) is 54.7 Å². The van der Waals surface area contributed by atoms with Gasteiger partial charge in [0.2, 0.25) is 0 Å². The number of H-pyrrole nitrogens is 1. The second-order valence-electron chi connectivity index (χ2n) is 5.93. The lowest BCUT2D eigenvalue weighted by atomic mass is 10.2. The number of likely N-dealkylation sites (N-methyl/N-ethyl adjacent to an activating group) is 1. The van der Waals surface area contributed by atoms with Crippen molar-refractivity contribution in [3.63, 3.8) is 0 Å². The van der Waals surface area contributed by atoms with Gasteiger partial charge in [0, 0.05) is 23.6 Å². The average molecular weight is 379 g/mol. The minimum atomic E-state index is -0.527. The van der Waals surface area contributed by atoms with Crippen molar-refractivity contribution in [2.24, 2.45) is 0 Å². The third kappa shape index (κ3) is 3.29. The van der Waals surface area contributed by atoms with Crippen molar-refractivity contribution in [2.45, 2.75) is 6.92 Å². The summed E-state index contributed by atoms with van der Waals surface area (Å²) in [5, 5.41) is 1.38. The van der Waals surface area contributed by atoms with E-state index in [9.17, 15) is 9.59 Å². The summed E-state index contributed by atoms with van der Waals surface area (Å²) < 4.78 is 6.27. The summed E-state index contributed by atoms with van der Waals surface area (Å²) in [7, 11) is 0. The molecule has 0 spiro atoms. The molecule has 0 unspecified atom stereocenters. The molecule has 4 rings (SSSR count). The van der Waals surface area contributed by atoms with Gasteiger partial charge in [0.15, 0.2) is 11.7 Å². The highest BCUT2D eigenvalue weighted by Crippen LogP contribution is 2.28. The molecule has 0 radical (unpaired) electrons. The van der Waals surface area contributed by atoms with Gasteiger partial charge in [-0.05, 0) is 25.1 Å². The van der Waals surface area contributed by atoms with E-state index < -0.39 is 5.97 Å². The predicted octanol–water partition coefficient (Wildman–Crippen LogP) is 3.99. The van der Waals surface area contributed by atoms with Crippen LogP contribution in [0.2, 0.25) is 0 Å². The largest absolute Gasteiger partial charge is 0.452 e. The number of ether oxygens (including phenoxy) is 1. The summed E-state index contributed by atoms with van der Waals surface area (Å²) in [6.07, 6.45) is 1.60. The van der Waals surface area contributed by atoms with Crippen molar-refractivity contribution in [3.8, 4) is 0 Å². The van der Waals surface area contributed by atoms with Gasteiger partial charge in [-0.15, -0.1) is 0 Å². The molecule has 2 aromatic carbocycles. The first-order valence-electron chi connectivity index (χ1n) is 8.56. The van der Waals surface area contributed by atoms with Crippen LogP contribution in [-0.2, 0) is 9.53 Å². The summed E-state index contributed by atoms with van der Waals surface area (Å²) in [6.45, 7) is 1.98. The van der Waals surface area contributed by atoms with Crippen LogP contribution in [-0.4, -0.2) is 35.0 Å². The van der Waals surface area contributed by atoms with E-state index in [1.807, 2.05) is 55.5 Å². The number of amides is 1. The highest BCUT2D eigenvalue weighted by Gasteiger charge is 2.21. The van der Waals surface area contributed by atoms with E-state index in [1.54, 1.807) is 6.20 Å². The fourth-order valence-corrected chi connectivity index (χ4v) is 3.96. The van der Waals surface area contributed by atoms with Gasteiger partial charge in [-0.25, -0.2) is 9.78 Å². The van der Waals surface area contributed by atoms with Crippen LogP contribution in [0, 0.1) is 0 Å². The molecule has 2 aromatic heterocycles. The molecule has 2 heterocycles. The van der Waals surface area contributed by atoms with Crippen molar-refractivity contribution in [3.05, 3.63) is 60.3 Å². The van der Waals surface area contributed by atoms with Crippen molar-refractivity contribution in [1.29, 1.82) is 0 Å². The molecule has 27 heavy (non-hydrogen) atoms. The SMILES string of the molecule is CCN(C(=O)COC(=O)c1c[nH]c2ccccc12)c1nc2ccccc2s1.